The standard InChI is InChI=1S/C17H28N2O/c1-17(2,3)14-6-4-13(5-7-14)16(20)12-19-10-8-15(18)9-11-19/h4-7,15-16,20H,8-12,18H2,1-3H3. The van der Waals surface area contributed by atoms with Crippen LogP contribution >= 0.6 is 0 Å². The van der Waals surface area contributed by atoms with Gasteiger partial charge in [0.15, 0.2) is 0 Å². The summed E-state index contributed by atoms with van der Waals surface area (Å²) in [4.78, 5) is 2.31. The highest BCUT2D eigenvalue weighted by Crippen LogP contribution is 2.24. The molecule has 1 aromatic carbocycles. The number of nitrogens with zero attached hydrogens (tertiary/aromatic N) is 1. The fourth-order valence-electron chi connectivity index (χ4n) is 2.69. The number of rotatable bonds is 3. The average molecular weight is 276 g/mol. The van der Waals surface area contributed by atoms with Gasteiger partial charge in [-0.1, -0.05) is 45.0 Å². The van der Waals surface area contributed by atoms with Crippen molar-refractivity contribution >= 4 is 0 Å². The first-order valence-corrected chi connectivity index (χ1v) is 7.63. The second-order valence-corrected chi connectivity index (χ2v) is 7.03. The molecule has 0 radical (unpaired) electrons. The van der Waals surface area contributed by atoms with Crippen molar-refractivity contribution in [2.75, 3.05) is 19.6 Å². The predicted molar refractivity (Wildman–Crippen MR) is 83.8 cm³/mol. The van der Waals surface area contributed by atoms with E-state index in [0.29, 0.717) is 12.6 Å². The van der Waals surface area contributed by atoms with Gasteiger partial charge in [0, 0.05) is 12.6 Å². The van der Waals surface area contributed by atoms with E-state index in [1.807, 2.05) is 0 Å². The van der Waals surface area contributed by atoms with Crippen molar-refractivity contribution in [3.05, 3.63) is 35.4 Å². The van der Waals surface area contributed by atoms with Crippen LogP contribution in [-0.2, 0) is 5.41 Å². The van der Waals surface area contributed by atoms with Gasteiger partial charge < -0.3 is 15.7 Å². The van der Waals surface area contributed by atoms with Gasteiger partial charge >= 0.3 is 0 Å². The number of nitrogens with two attached hydrogens (primary N) is 1. The summed E-state index contributed by atoms with van der Waals surface area (Å²) < 4.78 is 0. The lowest BCUT2D eigenvalue weighted by molar-refractivity contribution is 0.0977. The highest BCUT2D eigenvalue weighted by atomic mass is 16.3. The average Bonchev–Trinajstić information content (AvgIpc) is 2.40. The van der Waals surface area contributed by atoms with Crippen LogP contribution in [0.25, 0.3) is 0 Å². The molecule has 1 aliphatic heterocycles. The number of hydrogen-bond donors (Lipinski definition) is 2. The first kappa shape index (κ1) is 15.5. The second kappa shape index (κ2) is 6.25. The van der Waals surface area contributed by atoms with Gasteiger partial charge in [0.2, 0.25) is 0 Å². The van der Waals surface area contributed by atoms with Crippen LogP contribution in [0.5, 0.6) is 0 Å². The molecule has 3 N–H and O–H groups in total. The van der Waals surface area contributed by atoms with Crippen LogP contribution in [0.2, 0.25) is 0 Å². The van der Waals surface area contributed by atoms with Crippen LogP contribution in [0, 0.1) is 0 Å². The smallest absolute Gasteiger partial charge is 0.0916 e. The Hall–Kier alpha value is -0.900. The van der Waals surface area contributed by atoms with Crippen molar-refractivity contribution < 1.29 is 5.11 Å². The normalized spacial score (nSPS) is 20.1. The third kappa shape index (κ3) is 4.05. The lowest BCUT2D eigenvalue weighted by Crippen LogP contribution is -2.41. The van der Waals surface area contributed by atoms with Gasteiger partial charge in [0.25, 0.3) is 0 Å². The first-order chi connectivity index (χ1) is 9.36. The Morgan fingerprint density at radius 3 is 2.25 bits per heavy atom. The molecule has 1 atom stereocenters. The number of aliphatic hydroxyl groups excluding tert-OH is 1. The molecule has 3 heteroatoms. The Balaban J connectivity index is 1.94. The molecular formula is C17H28N2O. The summed E-state index contributed by atoms with van der Waals surface area (Å²) in [6.45, 7) is 9.32. The summed E-state index contributed by atoms with van der Waals surface area (Å²) in [5, 5.41) is 10.4. The SMILES string of the molecule is CC(C)(C)c1ccc(C(O)CN2CCC(N)CC2)cc1. The molecule has 0 aliphatic carbocycles. The Morgan fingerprint density at radius 1 is 1.20 bits per heavy atom. The van der Waals surface area contributed by atoms with E-state index in [-0.39, 0.29) is 5.41 Å². The van der Waals surface area contributed by atoms with Crippen molar-refractivity contribution in [2.45, 2.75) is 51.2 Å². The molecule has 20 heavy (non-hydrogen) atoms. The number of likely N-dealkylation sites (tertiary alicyclic amines) is 1. The summed E-state index contributed by atoms with van der Waals surface area (Å²) in [6, 6.07) is 8.71. The molecule has 0 bridgehead atoms. The number of hydrogen-bond acceptors (Lipinski definition) is 3. The number of aliphatic hydroxyl groups is 1. The minimum Gasteiger partial charge on any atom is -0.387 e. The number of benzene rings is 1. The Kier molecular flexibility index (Phi) is 4.84. The van der Waals surface area contributed by atoms with E-state index in [0.717, 1.165) is 31.5 Å². The van der Waals surface area contributed by atoms with Gasteiger partial charge in [-0.05, 0) is 42.5 Å². The first-order valence-electron chi connectivity index (χ1n) is 7.63. The number of piperidine rings is 1. The van der Waals surface area contributed by atoms with Gasteiger partial charge in [-0.15, -0.1) is 0 Å². The molecule has 1 fully saturated rings. The largest absolute Gasteiger partial charge is 0.387 e. The summed E-state index contributed by atoms with van der Waals surface area (Å²) in [5.41, 5.74) is 8.38. The predicted octanol–water partition coefficient (Wildman–Crippen LogP) is 2.44. The summed E-state index contributed by atoms with van der Waals surface area (Å²) in [6.07, 6.45) is 1.67. The molecule has 3 nitrogen and oxygen atoms in total. The zero-order valence-electron chi connectivity index (χ0n) is 13.0. The third-order valence-corrected chi connectivity index (χ3v) is 4.22. The lowest BCUT2D eigenvalue weighted by Gasteiger charge is -2.31. The van der Waals surface area contributed by atoms with E-state index in [9.17, 15) is 5.11 Å². The van der Waals surface area contributed by atoms with Crippen molar-refractivity contribution in [1.82, 2.24) is 4.90 Å². The van der Waals surface area contributed by atoms with Crippen LogP contribution in [-0.4, -0.2) is 35.7 Å². The molecule has 1 unspecified atom stereocenters. The van der Waals surface area contributed by atoms with Crippen molar-refractivity contribution in [1.29, 1.82) is 0 Å². The molecular weight excluding hydrogens is 248 g/mol. The van der Waals surface area contributed by atoms with Crippen LogP contribution in [0.4, 0.5) is 0 Å². The molecule has 0 saturated carbocycles. The number of β-amino-alcohol motifs (C(OH)–C–C–N with tert-alkyl or cyclic N) is 1. The van der Waals surface area contributed by atoms with E-state index in [1.54, 1.807) is 0 Å². The highest BCUT2D eigenvalue weighted by molar-refractivity contribution is 5.28. The Morgan fingerprint density at radius 2 is 1.75 bits per heavy atom. The monoisotopic (exact) mass is 276 g/mol. The van der Waals surface area contributed by atoms with Crippen molar-refractivity contribution in [3.63, 3.8) is 0 Å². The summed E-state index contributed by atoms with van der Waals surface area (Å²) >= 11 is 0. The molecule has 112 valence electrons. The zero-order valence-corrected chi connectivity index (χ0v) is 13.0. The van der Waals surface area contributed by atoms with Crippen molar-refractivity contribution in [3.8, 4) is 0 Å². The van der Waals surface area contributed by atoms with Gasteiger partial charge in [0.1, 0.15) is 0 Å². The van der Waals surface area contributed by atoms with Gasteiger partial charge in [0.05, 0.1) is 6.10 Å². The van der Waals surface area contributed by atoms with Gasteiger partial charge in [-0.3, -0.25) is 0 Å². The van der Waals surface area contributed by atoms with Crippen LogP contribution < -0.4 is 5.73 Å². The van der Waals surface area contributed by atoms with E-state index >= 15 is 0 Å². The fraction of sp³-hybridized carbons (Fsp3) is 0.647. The molecule has 0 amide bonds. The Bertz CT molecular complexity index is 414. The second-order valence-electron chi connectivity index (χ2n) is 7.03. The topological polar surface area (TPSA) is 49.5 Å². The highest BCUT2D eigenvalue weighted by Gasteiger charge is 2.20. The molecule has 1 aliphatic rings. The molecule has 0 aromatic heterocycles. The molecule has 2 rings (SSSR count). The maximum atomic E-state index is 10.4. The van der Waals surface area contributed by atoms with Crippen LogP contribution in [0.1, 0.15) is 50.8 Å². The van der Waals surface area contributed by atoms with E-state index in [4.69, 9.17) is 5.73 Å². The molecule has 1 heterocycles. The molecule has 1 saturated heterocycles. The minimum absolute atomic E-state index is 0.159. The quantitative estimate of drug-likeness (QED) is 0.891. The third-order valence-electron chi connectivity index (χ3n) is 4.22. The Labute approximate surface area is 122 Å². The molecule has 1 aromatic rings. The summed E-state index contributed by atoms with van der Waals surface area (Å²) in [5.74, 6) is 0. The van der Waals surface area contributed by atoms with E-state index in [1.165, 1.54) is 5.56 Å². The maximum Gasteiger partial charge on any atom is 0.0916 e. The summed E-state index contributed by atoms with van der Waals surface area (Å²) in [7, 11) is 0. The minimum atomic E-state index is -0.404. The van der Waals surface area contributed by atoms with E-state index in [2.05, 4.69) is 49.9 Å². The van der Waals surface area contributed by atoms with Gasteiger partial charge in [-0.2, -0.15) is 0 Å². The van der Waals surface area contributed by atoms with Crippen molar-refractivity contribution in [2.24, 2.45) is 5.73 Å². The van der Waals surface area contributed by atoms with Gasteiger partial charge in [-0.25, -0.2) is 0 Å². The van der Waals surface area contributed by atoms with E-state index < -0.39 is 6.10 Å². The molecule has 0 spiro atoms. The van der Waals surface area contributed by atoms with Crippen LogP contribution in [0.15, 0.2) is 24.3 Å². The maximum absolute atomic E-state index is 10.4. The zero-order chi connectivity index (χ0) is 14.8. The lowest BCUT2D eigenvalue weighted by atomic mass is 9.86. The van der Waals surface area contributed by atoms with Crippen LogP contribution in [0.3, 0.4) is 0 Å². The fourth-order valence-corrected chi connectivity index (χ4v) is 2.69.